The average molecular weight is 325 g/mol. The van der Waals surface area contributed by atoms with Gasteiger partial charge in [-0.1, -0.05) is 0 Å². The first-order valence-corrected chi connectivity index (χ1v) is 6.36. The van der Waals surface area contributed by atoms with Gasteiger partial charge in [0.2, 0.25) is 0 Å². The monoisotopic (exact) mass is 325 g/mol. The number of nitro groups is 1. The number of methoxy groups -OCH3 is 1. The first kappa shape index (κ1) is 17.9. The molecule has 3 amide bonds. The second-order valence-corrected chi connectivity index (χ2v) is 4.26. The van der Waals surface area contributed by atoms with Crippen LogP contribution in [0.5, 0.6) is 5.75 Å². The van der Waals surface area contributed by atoms with Crippen molar-refractivity contribution in [2.45, 2.75) is 13.0 Å². The van der Waals surface area contributed by atoms with E-state index in [4.69, 9.17) is 9.47 Å². The highest BCUT2D eigenvalue weighted by Gasteiger charge is 2.24. The number of nitrogens with zero attached hydrogens (tertiary/aromatic N) is 1. The topological polar surface area (TPSA) is 137 Å². The summed E-state index contributed by atoms with van der Waals surface area (Å²) in [5.74, 6) is -1.79. The number of hydrogen-bond donors (Lipinski definition) is 2. The van der Waals surface area contributed by atoms with Gasteiger partial charge in [0.15, 0.2) is 6.10 Å². The van der Waals surface area contributed by atoms with Gasteiger partial charge in [-0.2, -0.15) is 0 Å². The van der Waals surface area contributed by atoms with Crippen LogP contribution < -0.4 is 15.4 Å². The van der Waals surface area contributed by atoms with Crippen LogP contribution in [0, 0.1) is 10.1 Å². The lowest BCUT2D eigenvalue weighted by Gasteiger charge is -2.14. The Morgan fingerprint density at radius 3 is 2.48 bits per heavy atom. The van der Waals surface area contributed by atoms with E-state index < -0.39 is 28.9 Å². The molecule has 0 bridgehead atoms. The lowest BCUT2D eigenvalue weighted by Crippen LogP contribution is -2.43. The van der Waals surface area contributed by atoms with Crippen LogP contribution in [0.15, 0.2) is 18.2 Å². The molecule has 1 atom stereocenters. The summed E-state index contributed by atoms with van der Waals surface area (Å²) in [5.41, 5.74) is -0.540. The Labute approximate surface area is 130 Å². The van der Waals surface area contributed by atoms with E-state index in [1.807, 2.05) is 5.32 Å². The largest absolute Gasteiger partial charge is 0.496 e. The fourth-order valence-corrected chi connectivity index (χ4v) is 1.52. The van der Waals surface area contributed by atoms with Crippen LogP contribution in [0.4, 0.5) is 10.5 Å². The summed E-state index contributed by atoms with van der Waals surface area (Å²) in [6, 6.07) is 2.62. The van der Waals surface area contributed by atoms with Crippen molar-refractivity contribution in [1.82, 2.24) is 10.6 Å². The number of carbonyl (C=O) groups excluding carboxylic acids is 3. The summed E-state index contributed by atoms with van der Waals surface area (Å²) >= 11 is 0. The number of amides is 3. The first-order chi connectivity index (χ1) is 10.8. The molecule has 0 saturated heterocycles. The van der Waals surface area contributed by atoms with E-state index in [9.17, 15) is 24.5 Å². The molecule has 1 aromatic carbocycles. The first-order valence-electron chi connectivity index (χ1n) is 6.36. The van der Waals surface area contributed by atoms with Gasteiger partial charge in [0.1, 0.15) is 11.3 Å². The van der Waals surface area contributed by atoms with Crippen molar-refractivity contribution in [2.24, 2.45) is 0 Å². The van der Waals surface area contributed by atoms with Crippen LogP contribution in [0.2, 0.25) is 0 Å². The molecule has 0 aliphatic rings. The highest BCUT2D eigenvalue weighted by Crippen LogP contribution is 2.25. The molecule has 10 nitrogen and oxygen atoms in total. The van der Waals surface area contributed by atoms with Crippen molar-refractivity contribution in [3.05, 3.63) is 33.9 Å². The summed E-state index contributed by atoms with van der Waals surface area (Å²) in [5, 5.41) is 14.9. The Balaban J connectivity index is 2.92. The van der Waals surface area contributed by atoms with Gasteiger partial charge < -0.3 is 14.8 Å². The summed E-state index contributed by atoms with van der Waals surface area (Å²) < 4.78 is 9.82. The number of hydrogen-bond acceptors (Lipinski definition) is 7. The number of benzene rings is 1. The number of rotatable bonds is 5. The van der Waals surface area contributed by atoms with Crippen molar-refractivity contribution in [2.75, 3.05) is 14.2 Å². The zero-order valence-corrected chi connectivity index (χ0v) is 12.6. The highest BCUT2D eigenvalue weighted by molar-refractivity contribution is 5.99. The van der Waals surface area contributed by atoms with E-state index in [-0.39, 0.29) is 17.0 Å². The zero-order valence-electron chi connectivity index (χ0n) is 12.6. The van der Waals surface area contributed by atoms with Crippen LogP contribution in [-0.4, -0.2) is 43.1 Å². The lowest BCUT2D eigenvalue weighted by atomic mass is 10.1. The molecule has 1 rings (SSSR count). The number of esters is 1. The predicted molar refractivity (Wildman–Crippen MR) is 77.1 cm³/mol. The molecular weight excluding hydrogens is 310 g/mol. The molecule has 0 heterocycles. The van der Waals surface area contributed by atoms with Crippen LogP contribution >= 0.6 is 0 Å². The summed E-state index contributed by atoms with van der Waals surface area (Å²) in [7, 11) is 2.59. The van der Waals surface area contributed by atoms with Crippen molar-refractivity contribution in [3.8, 4) is 5.75 Å². The molecule has 0 spiro atoms. The number of imide groups is 1. The van der Waals surface area contributed by atoms with Gasteiger partial charge in [0.05, 0.1) is 12.0 Å². The van der Waals surface area contributed by atoms with Gasteiger partial charge in [-0.25, -0.2) is 9.59 Å². The molecule has 0 radical (unpaired) electrons. The minimum Gasteiger partial charge on any atom is -0.496 e. The van der Waals surface area contributed by atoms with E-state index in [1.165, 1.54) is 27.1 Å². The van der Waals surface area contributed by atoms with E-state index in [1.54, 1.807) is 0 Å². The number of nitro benzene ring substituents is 1. The molecule has 0 aromatic heterocycles. The molecule has 0 saturated carbocycles. The number of nitrogens with one attached hydrogen (secondary N) is 2. The van der Waals surface area contributed by atoms with Crippen LogP contribution in [0.1, 0.15) is 17.3 Å². The Kier molecular flexibility index (Phi) is 6.01. The zero-order chi connectivity index (χ0) is 17.6. The molecule has 124 valence electrons. The third-order valence-corrected chi connectivity index (χ3v) is 2.73. The van der Waals surface area contributed by atoms with Gasteiger partial charge in [-0.05, 0) is 13.0 Å². The number of non-ortho nitro benzene ring substituents is 1. The normalized spacial score (nSPS) is 11.1. The minimum atomic E-state index is -1.29. The maximum Gasteiger partial charge on any atom is 0.342 e. The third-order valence-electron chi connectivity index (χ3n) is 2.73. The maximum atomic E-state index is 12.1. The van der Waals surface area contributed by atoms with Gasteiger partial charge in [-0.15, -0.1) is 0 Å². The van der Waals surface area contributed by atoms with Crippen molar-refractivity contribution < 1.29 is 28.8 Å². The van der Waals surface area contributed by atoms with Crippen LogP contribution in [-0.2, 0) is 9.53 Å². The Hall–Kier alpha value is -3.17. The van der Waals surface area contributed by atoms with Crippen molar-refractivity contribution in [3.63, 3.8) is 0 Å². The van der Waals surface area contributed by atoms with Crippen molar-refractivity contribution in [1.29, 1.82) is 0 Å². The molecule has 23 heavy (non-hydrogen) atoms. The quantitative estimate of drug-likeness (QED) is 0.459. The van der Waals surface area contributed by atoms with Gasteiger partial charge >= 0.3 is 12.0 Å². The fourth-order valence-electron chi connectivity index (χ4n) is 1.52. The van der Waals surface area contributed by atoms with Crippen molar-refractivity contribution >= 4 is 23.6 Å². The predicted octanol–water partition coefficient (Wildman–Crippen LogP) is 0.604. The summed E-state index contributed by atoms with van der Waals surface area (Å²) in [6.45, 7) is 1.25. The van der Waals surface area contributed by atoms with E-state index >= 15 is 0 Å². The minimum absolute atomic E-state index is 0.0551. The lowest BCUT2D eigenvalue weighted by molar-refractivity contribution is -0.384. The smallest absolute Gasteiger partial charge is 0.342 e. The molecule has 0 fully saturated rings. The average Bonchev–Trinajstić information content (AvgIpc) is 2.53. The summed E-state index contributed by atoms with van der Waals surface area (Å²) in [4.78, 5) is 44.8. The molecule has 0 aliphatic heterocycles. The molecule has 10 heteroatoms. The third kappa shape index (κ3) is 4.66. The number of carbonyl (C=O) groups is 3. The molecule has 0 aliphatic carbocycles. The van der Waals surface area contributed by atoms with Crippen LogP contribution in [0.3, 0.4) is 0 Å². The molecule has 2 N–H and O–H groups in total. The molecule has 0 unspecified atom stereocenters. The van der Waals surface area contributed by atoms with Gasteiger partial charge in [0.25, 0.3) is 11.6 Å². The molecule has 1 aromatic rings. The number of ether oxygens (including phenoxy) is 2. The Bertz CT molecular complexity index is 644. The highest BCUT2D eigenvalue weighted by atomic mass is 16.6. The standard InChI is InChI=1S/C13H15N3O7/c1-7(11(17)15-13(19)14-2)23-12(18)9-6-8(16(20)21)4-5-10(9)22-3/h4-7H,1-3H3,(H2,14,15,17,19)/t7-/m1/s1. The van der Waals surface area contributed by atoms with E-state index in [2.05, 4.69) is 5.32 Å². The maximum absolute atomic E-state index is 12.1. The van der Waals surface area contributed by atoms with E-state index in [0.29, 0.717) is 0 Å². The fraction of sp³-hybridized carbons (Fsp3) is 0.308. The SMILES string of the molecule is CNC(=O)NC(=O)[C@@H](C)OC(=O)c1cc([N+](=O)[O-])ccc1OC. The van der Waals surface area contributed by atoms with Gasteiger partial charge in [-0.3, -0.25) is 20.2 Å². The summed E-state index contributed by atoms with van der Waals surface area (Å²) in [6.07, 6.45) is -1.29. The second-order valence-electron chi connectivity index (χ2n) is 4.26. The van der Waals surface area contributed by atoms with Gasteiger partial charge in [0, 0.05) is 19.2 Å². The molecular formula is C13H15N3O7. The number of urea groups is 1. The van der Waals surface area contributed by atoms with E-state index in [0.717, 1.165) is 12.1 Å². The second kappa shape index (κ2) is 7.73. The Morgan fingerprint density at radius 1 is 1.30 bits per heavy atom. The van der Waals surface area contributed by atoms with Crippen LogP contribution in [0.25, 0.3) is 0 Å². The Morgan fingerprint density at radius 2 is 1.96 bits per heavy atom.